The zero-order valence-electron chi connectivity index (χ0n) is 31.0. The van der Waals surface area contributed by atoms with Crippen LogP contribution in [0.5, 0.6) is 0 Å². The predicted octanol–water partition coefficient (Wildman–Crippen LogP) is 16.2. The van der Waals surface area contributed by atoms with Crippen LogP contribution in [-0.4, -0.2) is 0 Å². The summed E-state index contributed by atoms with van der Waals surface area (Å²) in [6.45, 7) is 4.72. The molecule has 0 spiro atoms. The van der Waals surface area contributed by atoms with E-state index in [1.54, 1.807) is 0 Å². The summed E-state index contributed by atoms with van der Waals surface area (Å²) in [5.41, 5.74) is 11.2. The van der Waals surface area contributed by atoms with Crippen LogP contribution in [0.25, 0.3) is 84.1 Å². The third kappa shape index (κ3) is 4.71. The van der Waals surface area contributed by atoms with Crippen molar-refractivity contribution in [2.75, 3.05) is 4.90 Å². The highest BCUT2D eigenvalue weighted by Gasteiger charge is 2.35. The summed E-state index contributed by atoms with van der Waals surface area (Å²) in [5, 5.41) is 10.5. The smallest absolute Gasteiger partial charge is 0.0534 e. The van der Waals surface area contributed by atoms with Crippen LogP contribution in [-0.2, 0) is 5.41 Å². The first-order chi connectivity index (χ1) is 27.5. The monoisotopic (exact) mass is 749 g/mol. The van der Waals surface area contributed by atoms with Gasteiger partial charge in [-0.3, -0.25) is 0 Å². The highest BCUT2D eigenvalue weighted by atomic mass is 32.1. The molecule has 0 unspecified atom stereocenters. The van der Waals surface area contributed by atoms with Crippen molar-refractivity contribution in [1.29, 1.82) is 0 Å². The fourth-order valence-electron chi connectivity index (χ4n) is 9.33. The Morgan fingerprint density at radius 2 is 0.911 bits per heavy atom. The lowest BCUT2D eigenvalue weighted by Gasteiger charge is -2.28. The van der Waals surface area contributed by atoms with E-state index in [2.05, 4.69) is 195 Å². The number of nitrogens with zero attached hydrogens (tertiary/aromatic N) is 1. The van der Waals surface area contributed by atoms with Crippen molar-refractivity contribution in [1.82, 2.24) is 0 Å². The Hall–Kier alpha value is -6.26. The minimum Gasteiger partial charge on any atom is -0.310 e. The van der Waals surface area contributed by atoms with E-state index in [4.69, 9.17) is 0 Å². The van der Waals surface area contributed by atoms with Crippen molar-refractivity contribution in [2.45, 2.75) is 19.3 Å². The highest BCUT2D eigenvalue weighted by molar-refractivity contribution is 7.33. The van der Waals surface area contributed by atoms with Gasteiger partial charge >= 0.3 is 0 Å². The van der Waals surface area contributed by atoms with E-state index in [1.165, 1.54) is 101 Å². The molecule has 11 aromatic rings. The topological polar surface area (TPSA) is 3.24 Å². The van der Waals surface area contributed by atoms with Crippen LogP contribution in [0.3, 0.4) is 0 Å². The number of hydrogen-bond acceptors (Lipinski definition) is 3. The molecule has 264 valence electrons. The summed E-state index contributed by atoms with van der Waals surface area (Å²) in [5.74, 6) is 0. The van der Waals surface area contributed by atoms with Crippen LogP contribution in [0.15, 0.2) is 176 Å². The number of benzene rings is 9. The van der Waals surface area contributed by atoms with E-state index in [-0.39, 0.29) is 5.41 Å². The molecule has 12 rings (SSSR count). The molecule has 0 saturated heterocycles. The molecule has 2 heterocycles. The first kappa shape index (κ1) is 32.0. The van der Waals surface area contributed by atoms with E-state index in [0.717, 1.165) is 11.4 Å². The Balaban J connectivity index is 1.02. The lowest BCUT2D eigenvalue weighted by atomic mass is 9.82. The van der Waals surface area contributed by atoms with Gasteiger partial charge in [-0.1, -0.05) is 129 Å². The molecule has 0 N–H and O–H groups in total. The minimum absolute atomic E-state index is 0.0890. The quantitative estimate of drug-likeness (QED) is 0.173. The van der Waals surface area contributed by atoms with Gasteiger partial charge in [0.25, 0.3) is 0 Å². The minimum atomic E-state index is -0.0890. The fraction of sp³-hybridized carbons (Fsp3) is 0.0566. The van der Waals surface area contributed by atoms with Crippen LogP contribution in [0, 0.1) is 0 Å². The maximum Gasteiger partial charge on any atom is 0.0534 e. The molecule has 0 bridgehead atoms. The zero-order chi connectivity index (χ0) is 37.1. The van der Waals surface area contributed by atoms with Gasteiger partial charge in [0.2, 0.25) is 0 Å². The number of hydrogen-bond donors (Lipinski definition) is 0. The van der Waals surface area contributed by atoms with Gasteiger partial charge in [-0.05, 0) is 116 Å². The maximum atomic E-state index is 2.44. The number of thiophene rings is 2. The zero-order valence-corrected chi connectivity index (χ0v) is 32.6. The Morgan fingerprint density at radius 3 is 1.64 bits per heavy atom. The summed E-state index contributed by atoms with van der Waals surface area (Å²) in [6.07, 6.45) is 0. The van der Waals surface area contributed by atoms with Crippen molar-refractivity contribution in [3.63, 3.8) is 0 Å². The van der Waals surface area contributed by atoms with Gasteiger partial charge in [0.1, 0.15) is 0 Å². The first-order valence-electron chi connectivity index (χ1n) is 19.3. The Morgan fingerprint density at radius 1 is 0.375 bits per heavy atom. The lowest BCUT2D eigenvalue weighted by molar-refractivity contribution is 0.660. The molecule has 1 nitrogen and oxygen atoms in total. The molecule has 2 aromatic heterocycles. The van der Waals surface area contributed by atoms with E-state index in [1.807, 2.05) is 22.7 Å². The van der Waals surface area contributed by atoms with Gasteiger partial charge in [-0.25, -0.2) is 0 Å². The van der Waals surface area contributed by atoms with Gasteiger partial charge in [0.15, 0.2) is 0 Å². The SMILES string of the molecule is CC1(C)c2ccccc2-c2ccc(N(c3ccc(-c4ccccc4)cc3)c3ccc4cc5c(cc4c3)sc3c5ccc4c5cc6ccccc6cc5sc43)cc21. The van der Waals surface area contributed by atoms with Crippen molar-refractivity contribution in [2.24, 2.45) is 0 Å². The molecule has 0 fully saturated rings. The third-order valence-electron chi connectivity index (χ3n) is 12.2. The second-order valence-electron chi connectivity index (χ2n) is 15.7. The standard InChI is InChI=1S/C53H35NS2/c1-53(2)47-15-9-8-14-41(47)42-23-22-40(31-48(42)53)54(38-19-16-33(17-20-38)32-10-4-3-5-11-32)39-21-18-36-28-46-44-25-24-43-45-27-34-12-6-7-13-35(34)29-49(45)55-51(43)52(44)56-50(46)30-37(36)26-39/h3-31H,1-2H3. The molecule has 1 aliphatic rings. The van der Waals surface area contributed by atoms with Crippen LogP contribution >= 0.6 is 22.7 Å². The normalized spacial score (nSPS) is 13.3. The second-order valence-corrected chi connectivity index (χ2v) is 17.9. The van der Waals surface area contributed by atoms with Crippen molar-refractivity contribution >= 4 is 102 Å². The average Bonchev–Trinajstić information content (AvgIpc) is 3.86. The van der Waals surface area contributed by atoms with Crippen LogP contribution in [0.1, 0.15) is 25.0 Å². The molecule has 1 aliphatic carbocycles. The molecule has 56 heavy (non-hydrogen) atoms. The Labute approximate surface area is 333 Å². The Kier molecular flexibility index (Phi) is 6.79. The van der Waals surface area contributed by atoms with Crippen molar-refractivity contribution in [3.8, 4) is 22.3 Å². The lowest BCUT2D eigenvalue weighted by Crippen LogP contribution is -2.16. The summed E-state index contributed by atoms with van der Waals surface area (Å²) >= 11 is 3.87. The molecule has 9 aromatic carbocycles. The molecule has 0 amide bonds. The van der Waals surface area contributed by atoms with Crippen LogP contribution in [0.4, 0.5) is 17.1 Å². The molecular weight excluding hydrogens is 715 g/mol. The highest BCUT2D eigenvalue weighted by Crippen LogP contribution is 2.51. The number of anilines is 3. The fourth-order valence-corrected chi connectivity index (χ4v) is 11.9. The van der Waals surface area contributed by atoms with Crippen LogP contribution < -0.4 is 4.90 Å². The van der Waals surface area contributed by atoms with Gasteiger partial charge in [-0.2, -0.15) is 0 Å². The molecule has 0 saturated carbocycles. The predicted molar refractivity (Wildman–Crippen MR) is 245 cm³/mol. The van der Waals surface area contributed by atoms with E-state index < -0.39 is 0 Å². The third-order valence-corrected chi connectivity index (χ3v) is 14.7. The van der Waals surface area contributed by atoms with E-state index >= 15 is 0 Å². The second kappa shape index (κ2) is 11.9. The summed E-state index contributed by atoms with van der Waals surface area (Å²) in [6, 6.07) is 65.7. The number of fused-ring (bicyclic) bond motifs is 12. The van der Waals surface area contributed by atoms with Crippen LogP contribution in [0.2, 0.25) is 0 Å². The van der Waals surface area contributed by atoms with Gasteiger partial charge in [0.05, 0.1) is 9.40 Å². The largest absolute Gasteiger partial charge is 0.310 e. The van der Waals surface area contributed by atoms with Gasteiger partial charge in [0, 0.05) is 53.4 Å². The molecule has 0 radical (unpaired) electrons. The van der Waals surface area contributed by atoms with Crippen molar-refractivity contribution in [3.05, 3.63) is 187 Å². The average molecular weight is 750 g/mol. The molecule has 3 heteroatoms. The summed E-state index contributed by atoms with van der Waals surface area (Å²) in [4.78, 5) is 2.44. The summed E-state index contributed by atoms with van der Waals surface area (Å²) < 4.78 is 5.47. The van der Waals surface area contributed by atoms with E-state index in [0.29, 0.717) is 0 Å². The van der Waals surface area contributed by atoms with Crippen molar-refractivity contribution < 1.29 is 0 Å². The summed E-state index contributed by atoms with van der Waals surface area (Å²) in [7, 11) is 0. The van der Waals surface area contributed by atoms with Gasteiger partial charge < -0.3 is 4.90 Å². The Bertz CT molecular complexity index is 3380. The van der Waals surface area contributed by atoms with E-state index in [9.17, 15) is 0 Å². The number of rotatable bonds is 4. The molecule has 0 atom stereocenters. The molecule has 0 aliphatic heterocycles. The maximum absolute atomic E-state index is 2.44. The van der Waals surface area contributed by atoms with Gasteiger partial charge in [-0.15, -0.1) is 22.7 Å². The first-order valence-corrected chi connectivity index (χ1v) is 21.0. The molecular formula is C53H35NS2.